The maximum absolute atomic E-state index is 12.9. The second-order valence-electron chi connectivity index (χ2n) is 9.30. The third kappa shape index (κ3) is 4.04. The van der Waals surface area contributed by atoms with Crippen LogP contribution in [0.3, 0.4) is 0 Å². The maximum atomic E-state index is 12.9. The Morgan fingerprint density at radius 1 is 1.32 bits per heavy atom. The molecule has 8 nitrogen and oxygen atoms in total. The van der Waals surface area contributed by atoms with Crippen molar-refractivity contribution in [1.29, 1.82) is 5.41 Å². The van der Waals surface area contributed by atoms with Crippen molar-refractivity contribution in [3.63, 3.8) is 0 Å². The summed E-state index contributed by atoms with van der Waals surface area (Å²) >= 11 is 1.45. The summed E-state index contributed by atoms with van der Waals surface area (Å²) in [5.74, 6) is -2.41. The van der Waals surface area contributed by atoms with Crippen LogP contribution in [0.2, 0.25) is 0 Å². The Morgan fingerprint density at radius 2 is 1.97 bits per heavy atom. The molecule has 2 amide bonds. The van der Waals surface area contributed by atoms with Crippen molar-refractivity contribution in [3.8, 4) is 0 Å². The van der Waals surface area contributed by atoms with E-state index in [0.717, 1.165) is 0 Å². The molecule has 31 heavy (non-hydrogen) atoms. The van der Waals surface area contributed by atoms with Crippen molar-refractivity contribution in [2.75, 3.05) is 14.1 Å². The first kappa shape index (κ1) is 23.5. The molecule has 2 heterocycles. The van der Waals surface area contributed by atoms with E-state index in [0.29, 0.717) is 24.2 Å². The van der Waals surface area contributed by atoms with Crippen LogP contribution < -0.4 is 0 Å². The van der Waals surface area contributed by atoms with E-state index < -0.39 is 5.97 Å². The Morgan fingerprint density at radius 3 is 2.48 bits per heavy atom. The molecule has 0 bridgehead atoms. The Kier molecular flexibility index (Phi) is 6.64. The number of carboxylic acid groups (broad SMARTS) is 1. The molecule has 0 radical (unpaired) electrons. The summed E-state index contributed by atoms with van der Waals surface area (Å²) in [6, 6.07) is -0.241. The number of hydrogen-bond donors (Lipinski definition) is 2. The zero-order valence-corrected chi connectivity index (χ0v) is 19.4. The van der Waals surface area contributed by atoms with E-state index in [2.05, 4.69) is 0 Å². The number of β-lactam (4-membered cyclic amide) rings is 1. The summed E-state index contributed by atoms with van der Waals surface area (Å²) < 4.78 is 0. The molecule has 2 N–H and O–H groups in total. The van der Waals surface area contributed by atoms with Crippen molar-refractivity contribution >= 4 is 41.5 Å². The number of carbonyl (C=O) groups excluding carboxylic acids is 3. The number of rotatable bonds is 8. The second kappa shape index (κ2) is 8.76. The van der Waals surface area contributed by atoms with Gasteiger partial charge in [0.05, 0.1) is 12.0 Å². The first-order chi connectivity index (χ1) is 14.5. The average Bonchev–Trinajstić information content (AvgIpc) is 3.18. The fourth-order valence-corrected chi connectivity index (χ4v) is 7.08. The SMILES string of the molecule is CC(=O)C[C@H](C)[C@H]1C(=O)N2C(C(=O)O)=C(SC3CC(C=N)C(C(=O)N(C)C)C3)[C@H](C)[C@H]12. The van der Waals surface area contributed by atoms with Gasteiger partial charge in [0.15, 0.2) is 0 Å². The van der Waals surface area contributed by atoms with E-state index in [1.807, 2.05) is 13.8 Å². The van der Waals surface area contributed by atoms with Crippen LogP contribution in [0.1, 0.15) is 40.0 Å². The fraction of sp³-hybridized carbons (Fsp3) is 0.682. The summed E-state index contributed by atoms with van der Waals surface area (Å²) in [6.45, 7) is 5.33. The van der Waals surface area contributed by atoms with Crippen LogP contribution in [0.5, 0.6) is 0 Å². The molecule has 170 valence electrons. The number of nitrogens with zero attached hydrogens (tertiary/aromatic N) is 2. The standard InChI is InChI=1S/C22H31N3O5S/c1-10(6-11(2)26)16-17-12(3)19(18(22(29)30)25(17)21(16)28)31-14-7-13(9-23)15(8-14)20(27)24(4)5/h9-10,12-17,23H,6-8H2,1-5H3,(H,29,30)/t10-,12+,13?,14?,15?,16+,17+/m0/s1. The number of hydrogen-bond acceptors (Lipinski definition) is 6. The van der Waals surface area contributed by atoms with E-state index in [1.165, 1.54) is 29.8 Å². The van der Waals surface area contributed by atoms with Crippen LogP contribution in [0.4, 0.5) is 0 Å². The first-order valence-electron chi connectivity index (χ1n) is 10.7. The molecule has 1 saturated heterocycles. The van der Waals surface area contributed by atoms with Crippen LogP contribution in [0.25, 0.3) is 0 Å². The highest BCUT2D eigenvalue weighted by molar-refractivity contribution is 8.03. The van der Waals surface area contributed by atoms with Crippen molar-refractivity contribution in [1.82, 2.24) is 9.80 Å². The molecule has 3 unspecified atom stereocenters. The lowest BCUT2D eigenvalue weighted by atomic mass is 9.73. The van der Waals surface area contributed by atoms with Crippen LogP contribution in [-0.2, 0) is 19.2 Å². The zero-order valence-electron chi connectivity index (χ0n) is 18.6. The van der Waals surface area contributed by atoms with Gasteiger partial charge >= 0.3 is 5.97 Å². The van der Waals surface area contributed by atoms with Gasteiger partial charge in [-0.1, -0.05) is 13.8 Å². The molecular formula is C22H31N3O5S. The minimum atomic E-state index is -1.12. The summed E-state index contributed by atoms with van der Waals surface area (Å²) in [5, 5.41) is 17.6. The molecule has 0 aromatic rings. The van der Waals surface area contributed by atoms with Crippen molar-refractivity contribution in [2.24, 2.45) is 29.6 Å². The van der Waals surface area contributed by atoms with Gasteiger partial charge in [0.2, 0.25) is 11.8 Å². The molecule has 3 rings (SSSR count). The highest BCUT2D eigenvalue weighted by Gasteiger charge is 2.60. The number of fused-ring (bicyclic) bond motifs is 1. The van der Waals surface area contributed by atoms with E-state index in [-0.39, 0.29) is 64.2 Å². The summed E-state index contributed by atoms with van der Waals surface area (Å²) in [4.78, 5) is 52.6. The highest BCUT2D eigenvalue weighted by Crippen LogP contribution is 2.54. The zero-order chi connectivity index (χ0) is 23.2. The van der Waals surface area contributed by atoms with Gasteiger partial charge < -0.3 is 25.1 Å². The minimum absolute atomic E-state index is 0.00851. The lowest BCUT2D eigenvalue weighted by Gasteiger charge is -2.47. The average molecular weight is 450 g/mol. The smallest absolute Gasteiger partial charge is 0.353 e. The normalized spacial score (nSPS) is 33.1. The molecule has 7 atom stereocenters. The number of ketones is 1. The Labute approximate surface area is 186 Å². The van der Waals surface area contributed by atoms with Crippen LogP contribution in [-0.4, -0.2) is 70.1 Å². The predicted molar refractivity (Wildman–Crippen MR) is 117 cm³/mol. The van der Waals surface area contributed by atoms with Crippen LogP contribution >= 0.6 is 11.8 Å². The topological polar surface area (TPSA) is 119 Å². The summed E-state index contributed by atoms with van der Waals surface area (Å²) in [5.41, 5.74) is 0.0487. The van der Waals surface area contributed by atoms with Crippen molar-refractivity contribution in [2.45, 2.75) is 51.3 Å². The molecule has 1 saturated carbocycles. The van der Waals surface area contributed by atoms with Gasteiger partial charge in [-0.2, -0.15) is 0 Å². The first-order valence-corrected chi connectivity index (χ1v) is 11.6. The van der Waals surface area contributed by atoms with E-state index in [4.69, 9.17) is 5.41 Å². The molecule has 2 fully saturated rings. The van der Waals surface area contributed by atoms with Gasteiger partial charge in [-0.15, -0.1) is 11.8 Å². The van der Waals surface area contributed by atoms with Gasteiger partial charge in [0.1, 0.15) is 11.5 Å². The predicted octanol–water partition coefficient (Wildman–Crippen LogP) is 2.24. The Bertz CT molecular complexity index is 854. The molecule has 0 aromatic heterocycles. The number of nitrogens with one attached hydrogen (secondary N) is 1. The number of Topliss-reactive ketones (excluding diaryl/α,β-unsaturated/α-hetero) is 1. The lowest BCUT2D eigenvalue weighted by Crippen LogP contribution is -2.62. The molecule has 1 aliphatic carbocycles. The van der Waals surface area contributed by atoms with Crippen LogP contribution in [0.15, 0.2) is 10.6 Å². The molecule has 0 spiro atoms. The molecule has 3 aliphatic rings. The molecule has 0 aromatic carbocycles. The Hall–Kier alpha value is -2.16. The highest BCUT2D eigenvalue weighted by atomic mass is 32.2. The van der Waals surface area contributed by atoms with E-state index in [1.54, 1.807) is 19.0 Å². The molecule has 2 aliphatic heterocycles. The second-order valence-corrected chi connectivity index (χ2v) is 10.6. The minimum Gasteiger partial charge on any atom is -0.477 e. The lowest BCUT2D eigenvalue weighted by molar-refractivity contribution is -0.160. The molecular weight excluding hydrogens is 418 g/mol. The summed E-state index contributed by atoms with van der Waals surface area (Å²) in [7, 11) is 3.40. The quantitative estimate of drug-likeness (QED) is 0.433. The van der Waals surface area contributed by atoms with E-state index in [9.17, 15) is 24.3 Å². The van der Waals surface area contributed by atoms with Gasteiger partial charge in [-0.3, -0.25) is 9.59 Å². The van der Waals surface area contributed by atoms with Gasteiger partial charge in [-0.05, 0) is 31.9 Å². The van der Waals surface area contributed by atoms with Gasteiger partial charge in [0.25, 0.3) is 0 Å². The number of aliphatic carboxylic acids is 1. The summed E-state index contributed by atoms with van der Waals surface area (Å²) in [6.07, 6.45) is 2.83. The maximum Gasteiger partial charge on any atom is 0.353 e. The number of carbonyl (C=O) groups is 4. The number of amides is 2. The van der Waals surface area contributed by atoms with Gasteiger partial charge in [-0.25, -0.2) is 4.79 Å². The Balaban J connectivity index is 1.82. The molecule has 9 heteroatoms. The van der Waals surface area contributed by atoms with Crippen LogP contribution in [0, 0.1) is 35.0 Å². The fourth-order valence-electron chi connectivity index (χ4n) is 5.45. The van der Waals surface area contributed by atoms with Gasteiger partial charge in [0, 0.05) is 48.4 Å². The number of carboxylic acids is 1. The number of thioether (sulfide) groups is 1. The van der Waals surface area contributed by atoms with Crippen molar-refractivity contribution < 1.29 is 24.3 Å². The third-order valence-corrected chi connectivity index (χ3v) is 8.39. The third-order valence-electron chi connectivity index (χ3n) is 6.85. The monoisotopic (exact) mass is 449 g/mol. The van der Waals surface area contributed by atoms with Crippen molar-refractivity contribution in [3.05, 3.63) is 10.6 Å². The largest absolute Gasteiger partial charge is 0.477 e. The van der Waals surface area contributed by atoms with E-state index >= 15 is 0 Å².